The van der Waals surface area contributed by atoms with Crippen molar-refractivity contribution in [2.75, 3.05) is 13.2 Å². The molecule has 0 aliphatic carbocycles. The second kappa shape index (κ2) is 7.41. The molecule has 0 bridgehead atoms. The minimum absolute atomic E-state index is 0.0964. The molecule has 0 aromatic carbocycles. The Morgan fingerprint density at radius 3 is 2.92 bits per heavy atom. The van der Waals surface area contributed by atoms with E-state index in [0.29, 0.717) is 24.4 Å². The van der Waals surface area contributed by atoms with E-state index >= 15 is 0 Å². The number of aryl methyl sites for hydroxylation is 3. The first kappa shape index (κ1) is 18.3. The van der Waals surface area contributed by atoms with Crippen molar-refractivity contribution in [2.45, 2.75) is 39.8 Å². The predicted octanol–water partition coefficient (Wildman–Crippen LogP) is 1.12. The zero-order valence-corrected chi connectivity index (χ0v) is 15.7. The van der Waals surface area contributed by atoms with Crippen LogP contribution in [0.25, 0.3) is 0 Å². The molecule has 8 heteroatoms. The van der Waals surface area contributed by atoms with E-state index < -0.39 is 0 Å². The smallest absolute Gasteiger partial charge is 0.279 e. The highest BCUT2D eigenvalue weighted by molar-refractivity contribution is 5.95. The summed E-state index contributed by atoms with van der Waals surface area (Å²) in [4.78, 5) is 25.0. The van der Waals surface area contributed by atoms with Crippen LogP contribution in [0.1, 0.15) is 46.8 Å². The lowest BCUT2D eigenvalue weighted by atomic mass is 9.98. The lowest BCUT2D eigenvalue weighted by Crippen LogP contribution is -2.37. The summed E-state index contributed by atoms with van der Waals surface area (Å²) < 4.78 is 9.01. The number of nitrogens with one attached hydrogen (secondary N) is 1. The third kappa shape index (κ3) is 3.29. The average molecular weight is 359 g/mol. The second-order valence-electron chi connectivity index (χ2n) is 6.64. The van der Waals surface area contributed by atoms with Crippen LogP contribution in [0.2, 0.25) is 0 Å². The van der Waals surface area contributed by atoms with Crippen molar-refractivity contribution in [3.05, 3.63) is 45.1 Å². The molecule has 1 fully saturated rings. The summed E-state index contributed by atoms with van der Waals surface area (Å²) in [6.07, 6.45) is 2.52. The molecule has 3 heterocycles. The minimum atomic E-state index is -0.381. The first-order valence-corrected chi connectivity index (χ1v) is 8.90. The molecule has 1 aliphatic heterocycles. The Balaban J connectivity index is 1.75. The van der Waals surface area contributed by atoms with E-state index in [-0.39, 0.29) is 29.1 Å². The molecule has 140 valence electrons. The normalized spacial score (nSPS) is 19.7. The van der Waals surface area contributed by atoms with Gasteiger partial charge in [0.1, 0.15) is 11.7 Å². The summed E-state index contributed by atoms with van der Waals surface area (Å²) in [5.74, 6) is -0.212. The monoisotopic (exact) mass is 359 g/mol. The van der Waals surface area contributed by atoms with Crippen LogP contribution in [0.4, 0.5) is 0 Å². The van der Waals surface area contributed by atoms with Crippen LogP contribution < -0.4 is 10.9 Å². The van der Waals surface area contributed by atoms with Crippen LogP contribution >= 0.6 is 0 Å². The fourth-order valence-electron chi connectivity index (χ4n) is 3.45. The molecule has 0 spiro atoms. The molecular formula is C18H25N5O3. The van der Waals surface area contributed by atoms with Crippen LogP contribution in [0.3, 0.4) is 0 Å². The molecule has 1 N–H and O–H groups in total. The van der Waals surface area contributed by atoms with Gasteiger partial charge in [-0.05, 0) is 38.8 Å². The molecular weight excluding hydrogens is 334 g/mol. The number of rotatable bonds is 5. The standard InChI is InChI=1S/C18H25N5O3/c1-5-23-14(6-8-20-23)16-13(7-9-26-16)10-19-17(24)15-11(2)12(3)21-22(4)18(15)25/h6,8,13,16H,5,7,9-10H2,1-4H3,(H,19,24)/t13-,16+/m0/s1. The van der Waals surface area contributed by atoms with Crippen molar-refractivity contribution in [1.29, 1.82) is 0 Å². The zero-order valence-electron chi connectivity index (χ0n) is 15.7. The largest absolute Gasteiger partial charge is 0.372 e. The van der Waals surface area contributed by atoms with Gasteiger partial charge in [0, 0.05) is 38.9 Å². The highest BCUT2D eigenvalue weighted by atomic mass is 16.5. The Bertz CT molecular complexity index is 870. The van der Waals surface area contributed by atoms with Crippen LogP contribution in [-0.4, -0.2) is 38.6 Å². The predicted molar refractivity (Wildman–Crippen MR) is 96.0 cm³/mol. The summed E-state index contributed by atoms with van der Waals surface area (Å²) in [5.41, 5.74) is 2.10. The van der Waals surface area contributed by atoms with Crippen LogP contribution in [0, 0.1) is 19.8 Å². The molecule has 0 radical (unpaired) electrons. The summed E-state index contributed by atoms with van der Waals surface area (Å²) in [5, 5.41) is 11.3. The number of carbonyl (C=O) groups is 1. The number of aromatic nitrogens is 4. The average Bonchev–Trinajstić information content (AvgIpc) is 3.26. The maximum absolute atomic E-state index is 12.7. The third-order valence-corrected chi connectivity index (χ3v) is 5.03. The van der Waals surface area contributed by atoms with Crippen molar-refractivity contribution in [3.63, 3.8) is 0 Å². The summed E-state index contributed by atoms with van der Waals surface area (Å²) >= 11 is 0. The fraction of sp³-hybridized carbons (Fsp3) is 0.556. The van der Waals surface area contributed by atoms with Crippen molar-refractivity contribution in [3.8, 4) is 0 Å². The maximum Gasteiger partial charge on any atom is 0.279 e. The van der Waals surface area contributed by atoms with E-state index in [9.17, 15) is 9.59 Å². The molecule has 1 saturated heterocycles. The summed E-state index contributed by atoms with van der Waals surface area (Å²) in [7, 11) is 1.55. The number of hydrogen-bond donors (Lipinski definition) is 1. The number of nitrogens with zero attached hydrogens (tertiary/aromatic N) is 4. The molecule has 2 aromatic rings. The first-order valence-electron chi connectivity index (χ1n) is 8.90. The molecule has 0 unspecified atom stereocenters. The molecule has 1 aliphatic rings. The van der Waals surface area contributed by atoms with Crippen molar-refractivity contribution in [1.82, 2.24) is 24.9 Å². The minimum Gasteiger partial charge on any atom is -0.372 e. The Morgan fingerprint density at radius 1 is 1.42 bits per heavy atom. The zero-order chi connectivity index (χ0) is 18.8. The van der Waals surface area contributed by atoms with E-state index in [4.69, 9.17) is 4.74 Å². The van der Waals surface area contributed by atoms with Gasteiger partial charge in [-0.25, -0.2) is 4.68 Å². The van der Waals surface area contributed by atoms with Crippen LogP contribution in [-0.2, 0) is 18.3 Å². The molecule has 2 atom stereocenters. The topological polar surface area (TPSA) is 91.0 Å². The SMILES string of the molecule is CCn1nccc1[C@@H]1OCC[C@H]1CNC(=O)c1c(C)c(C)nn(C)c1=O. The lowest BCUT2D eigenvalue weighted by molar-refractivity contribution is 0.0794. The van der Waals surface area contributed by atoms with Crippen LogP contribution in [0.15, 0.2) is 17.1 Å². The summed E-state index contributed by atoms with van der Waals surface area (Å²) in [6, 6.07) is 1.96. The maximum atomic E-state index is 12.7. The Morgan fingerprint density at radius 2 is 2.19 bits per heavy atom. The van der Waals surface area contributed by atoms with E-state index in [1.165, 1.54) is 4.68 Å². The van der Waals surface area contributed by atoms with Gasteiger partial charge in [0.05, 0.1) is 11.4 Å². The molecule has 3 rings (SSSR count). The molecule has 2 aromatic heterocycles. The molecule has 8 nitrogen and oxygen atoms in total. The first-order chi connectivity index (χ1) is 12.4. The Labute approximate surface area is 152 Å². The van der Waals surface area contributed by atoms with E-state index in [1.54, 1.807) is 27.1 Å². The fourth-order valence-corrected chi connectivity index (χ4v) is 3.45. The lowest BCUT2D eigenvalue weighted by Gasteiger charge is -2.20. The second-order valence-corrected chi connectivity index (χ2v) is 6.64. The van der Waals surface area contributed by atoms with Gasteiger partial charge in [0.2, 0.25) is 0 Å². The van der Waals surface area contributed by atoms with Gasteiger partial charge < -0.3 is 10.1 Å². The van der Waals surface area contributed by atoms with E-state index in [1.807, 2.05) is 17.7 Å². The molecule has 26 heavy (non-hydrogen) atoms. The van der Waals surface area contributed by atoms with Crippen LogP contribution in [0.5, 0.6) is 0 Å². The number of amides is 1. The van der Waals surface area contributed by atoms with Gasteiger partial charge in [-0.3, -0.25) is 14.3 Å². The van der Waals surface area contributed by atoms with Crippen molar-refractivity contribution in [2.24, 2.45) is 13.0 Å². The Hall–Kier alpha value is -2.48. The molecule has 1 amide bonds. The van der Waals surface area contributed by atoms with Gasteiger partial charge in [-0.2, -0.15) is 10.2 Å². The number of carbonyl (C=O) groups excluding carboxylic acids is 1. The van der Waals surface area contributed by atoms with Gasteiger partial charge in [-0.1, -0.05) is 0 Å². The summed E-state index contributed by atoms with van der Waals surface area (Å²) in [6.45, 7) is 7.44. The highest BCUT2D eigenvalue weighted by Crippen LogP contribution is 2.34. The van der Waals surface area contributed by atoms with Gasteiger partial charge in [-0.15, -0.1) is 0 Å². The van der Waals surface area contributed by atoms with Gasteiger partial charge in [0.15, 0.2) is 0 Å². The quantitative estimate of drug-likeness (QED) is 0.864. The van der Waals surface area contributed by atoms with E-state index in [2.05, 4.69) is 15.5 Å². The number of ether oxygens (including phenoxy) is 1. The van der Waals surface area contributed by atoms with Crippen molar-refractivity contribution >= 4 is 5.91 Å². The molecule has 0 saturated carbocycles. The van der Waals surface area contributed by atoms with Gasteiger partial charge >= 0.3 is 0 Å². The highest BCUT2D eigenvalue weighted by Gasteiger charge is 2.32. The van der Waals surface area contributed by atoms with Crippen molar-refractivity contribution < 1.29 is 9.53 Å². The van der Waals surface area contributed by atoms with Gasteiger partial charge in [0.25, 0.3) is 11.5 Å². The van der Waals surface area contributed by atoms with E-state index in [0.717, 1.165) is 18.7 Å². The number of hydrogen-bond acceptors (Lipinski definition) is 5. The Kier molecular flexibility index (Phi) is 5.22. The third-order valence-electron chi connectivity index (χ3n) is 5.03.